The third-order valence-corrected chi connectivity index (χ3v) is 3.95. The highest BCUT2D eigenvalue weighted by molar-refractivity contribution is 5.92. The zero-order valence-electron chi connectivity index (χ0n) is 12.5. The van der Waals surface area contributed by atoms with Crippen LogP contribution < -0.4 is 5.32 Å². The molecule has 2 heterocycles. The first-order valence-corrected chi connectivity index (χ1v) is 7.47. The molecule has 3 rings (SSSR count). The average molecular weight is 287 g/mol. The highest BCUT2D eigenvalue weighted by atomic mass is 16.2. The monoisotopic (exact) mass is 287 g/mol. The molecule has 0 atom stereocenters. The largest absolute Gasteiger partial charge is 0.348 e. The lowest BCUT2D eigenvalue weighted by Gasteiger charge is -2.10. The maximum Gasteiger partial charge on any atom is 0.271 e. The summed E-state index contributed by atoms with van der Waals surface area (Å²) in [5.74, 6) is -0.0750. The van der Waals surface area contributed by atoms with Gasteiger partial charge >= 0.3 is 0 Å². The van der Waals surface area contributed by atoms with Gasteiger partial charge in [-0.05, 0) is 38.8 Å². The molecule has 1 N–H and O–H groups in total. The molecule has 2 aromatic heterocycles. The van der Waals surface area contributed by atoms with Crippen LogP contribution >= 0.6 is 0 Å². The van der Waals surface area contributed by atoms with Crippen molar-refractivity contribution < 1.29 is 4.79 Å². The number of carbonyl (C=O) groups excluding carboxylic acids is 1. The van der Waals surface area contributed by atoms with E-state index in [-0.39, 0.29) is 5.91 Å². The van der Waals surface area contributed by atoms with Gasteiger partial charge < -0.3 is 5.32 Å². The van der Waals surface area contributed by atoms with E-state index in [2.05, 4.69) is 15.5 Å². The Morgan fingerprint density at radius 3 is 2.76 bits per heavy atom. The summed E-state index contributed by atoms with van der Waals surface area (Å²) in [7, 11) is 0. The minimum absolute atomic E-state index is 0.0750. The van der Waals surface area contributed by atoms with E-state index in [1.807, 2.05) is 30.8 Å². The first-order valence-electron chi connectivity index (χ1n) is 7.47. The minimum Gasteiger partial charge on any atom is -0.348 e. The van der Waals surface area contributed by atoms with Gasteiger partial charge in [-0.15, -0.1) is 0 Å². The normalized spacial score (nSPS) is 15.5. The van der Waals surface area contributed by atoms with Gasteiger partial charge in [0.15, 0.2) is 0 Å². The molecule has 1 aliphatic carbocycles. The van der Waals surface area contributed by atoms with Crippen LogP contribution in [-0.4, -0.2) is 31.5 Å². The quantitative estimate of drug-likeness (QED) is 0.933. The Kier molecular flexibility index (Phi) is 3.77. The number of rotatable bonds is 4. The topological polar surface area (TPSA) is 64.7 Å². The predicted molar refractivity (Wildman–Crippen MR) is 79.0 cm³/mol. The molecule has 0 radical (unpaired) electrons. The summed E-state index contributed by atoms with van der Waals surface area (Å²) in [6, 6.07) is 4.10. The molecule has 1 fully saturated rings. The Bertz CT molecular complexity index is 636. The second-order valence-electron chi connectivity index (χ2n) is 5.76. The van der Waals surface area contributed by atoms with Gasteiger partial charge in [-0.3, -0.25) is 9.48 Å². The fourth-order valence-corrected chi connectivity index (χ4v) is 2.85. The van der Waals surface area contributed by atoms with E-state index in [9.17, 15) is 4.79 Å². The summed E-state index contributed by atoms with van der Waals surface area (Å²) >= 11 is 0. The molecule has 0 spiro atoms. The second kappa shape index (κ2) is 5.71. The number of nitrogens with one attached hydrogen (secondary N) is 1. The zero-order valence-corrected chi connectivity index (χ0v) is 12.5. The molecule has 0 aromatic carbocycles. The van der Waals surface area contributed by atoms with E-state index in [1.165, 1.54) is 12.8 Å². The number of aromatic nitrogens is 4. The molecule has 0 aliphatic heterocycles. The molecule has 1 saturated carbocycles. The van der Waals surface area contributed by atoms with Gasteiger partial charge in [-0.25, -0.2) is 4.68 Å². The Morgan fingerprint density at radius 2 is 2.10 bits per heavy atom. The average Bonchev–Trinajstić information content (AvgIpc) is 3.13. The summed E-state index contributed by atoms with van der Waals surface area (Å²) in [4.78, 5) is 12.1. The van der Waals surface area contributed by atoms with E-state index >= 15 is 0 Å². The van der Waals surface area contributed by atoms with Crippen molar-refractivity contribution in [3.8, 4) is 0 Å². The number of carbonyl (C=O) groups is 1. The highest BCUT2D eigenvalue weighted by Crippen LogP contribution is 2.17. The fourth-order valence-electron chi connectivity index (χ4n) is 2.85. The summed E-state index contributed by atoms with van der Waals surface area (Å²) in [5.41, 5.74) is 2.54. The third-order valence-electron chi connectivity index (χ3n) is 3.95. The first-order chi connectivity index (χ1) is 10.1. The molecule has 0 saturated heterocycles. The Morgan fingerprint density at radius 1 is 1.33 bits per heavy atom. The Balaban J connectivity index is 1.65. The van der Waals surface area contributed by atoms with Crippen LogP contribution in [0.2, 0.25) is 0 Å². The van der Waals surface area contributed by atoms with E-state index in [0.717, 1.165) is 24.2 Å². The number of aryl methyl sites for hydroxylation is 2. The molecule has 0 bridgehead atoms. The Labute approximate surface area is 124 Å². The number of nitrogens with zero attached hydrogens (tertiary/aromatic N) is 4. The first kappa shape index (κ1) is 13.9. The molecular formula is C15H21N5O. The molecule has 21 heavy (non-hydrogen) atoms. The lowest BCUT2D eigenvalue weighted by atomic mass is 10.2. The molecule has 6 nitrogen and oxygen atoms in total. The number of amides is 1. The van der Waals surface area contributed by atoms with Crippen molar-refractivity contribution >= 4 is 5.91 Å². The molecular weight excluding hydrogens is 266 g/mol. The van der Waals surface area contributed by atoms with Gasteiger partial charge in [0.2, 0.25) is 0 Å². The van der Waals surface area contributed by atoms with Gasteiger partial charge in [0.1, 0.15) is 12.4 Å². The summed E-state index contributed by atoms with van der Waals surface area (Å²) in [5, 5.41) is 11.8. The second-order valence-corrected chi connectivity index (χ2v) is 5.76. The van der Waals surface area contributed by atoms with Crippen LogP contribution in [0.4, 0.5) is 0 Å². The van der Waals surface area contributed by atoms with Crippen LogP contribution in [0, 0.1) is 13.8 Å². The molecule has 112 valence electrons. The smallest absolute Gasteiger partial charge is 0.271 e. The Hall–Kier alpha value is -2.11. The summed E-state index contributed by atoms with van der Waals surface area (Å²) in [6.45, 7) is 4.50. The van der Waals surface area contributed by atoms with Crippen molar-refractivity contribution in [2.75, 3.05) is 0 Å². The van der Waals surface area contributed by atoms with Crippen LogP contribution in [0.3, 0.4) is 0 Å². The van der Waals surface area contributed by atoms with Crippen LogP contribution in [0.5, 0.6) is 0 Å². The van der Waals surface area contributed by atoms with Crippen LogP contribution in [0.15, 0.2) is 18.3 Å². The molecule has 2 aromatic rings. The molecule has 0 unspecified atom stereocenters. The van der Waals surface area contributed by atoms with Crippen molar-refractivity contribution in [3.05, 3.63) is 35.4 Å². The van der Waals surface area contributed by atoms with Gasteiger partial charge in [0.05, 0.1) is 5.69 Å². The number of hydrogen-bond donors (Lipinski definition) is 1. The minimum atomic E-state index is -0.0750. The van der Waals surface area contributed by atoms with Crippen molar-refractivity contribution in [3.63, 3.8) is 0 Å². The van der Waals surface area contributed by atoms with Crippen molar-refractivity contribution in [2.24, 2.45) is 0 Å². The van der Waals surface area contributed by atoms with Gasteiger partial charge in [-0.2, -0.15) is 10.2 Å². The van der Waals surface area contributed by atoms with Gasteiger partial charge in [-0.1, -0.05) is 12.8 Å². The molecule has 6 heteroatoms. The number of hydrogen-bond acceptors (Lipinski definition) is 3. The lowest BCUT2D eigenvalue weighted by Crippen LogP contribution is -2.33. The molecule has 1 aliphatic rings. The van der Waals surface area contributed by atoms with E-state index in [0.29, 0.717) is 18.4 Å². The van der Waals surface area contributed by atoms with Crippen molar-refractivity contribution in [1.29, 1.82) is 0 Å². The highest BCUT2D eigenvalue weighted by Gasteiger charge is 2.19. The maximum atomic E-state index is 12.1. The summed E-state index contributed by atoms with van der Waals surface area (Å²) in [6.07, 6.45) is 6.39. The van der Waals surface area contributed by atoms with Gasteiger partial charge in [0.25, 0.3) is 5.91 Å². The lowest BCUT2D eigenvalue weighted by molar-refractivity contribution is 0.0932. The van der Waals surface area contributed by atoms with Gasteiger partial charge in [0, 0.05) is 17.9 Å². The SMILES string of the molecule is Cc1cc(C)n(Cn2ccc(C(=O)NC3CCCC3)n2)n1. The third kappa shape index (κ3) is 3.15. The van der Waals surface area contributed by atoms with E-state index < -0.39 is 0 Å². The fraction of sp³-hybridized carbons (Fsp3) is 0.533. The summed E-state index contributed by atoms with van der Waals surface area (Å²) < 4.78 is 3.62. The standard InChI is InChI=1S/C15H21N5O/c1-11-9-12(2)20(17-11)10-19-8-7-14(18-19)15(21)16-13-5-3-4-6-13/h7-9,13H,3-6,10H2,1-2H3,(H,16,21). The van der Waals surface area contributed by atoms with E-state index in [1.54, 1.807) is 10.7 Å². The zero-order chi connectivity index (χ0) is 14.8. The molecule has 1 amide bonds. The van der Waals surface area contributed by atoms with Crippen LogP contribution in [0.25, 0.3) is 0 Å². The van der Waals surface area contributed by atoms with Crippen LogP contribution in [0.1, 0.15) is 47.6 Å². The van der Waals surface area contributed by atoms with Crippen LogP contribution in [-0.2, 0) is 6.67 Å². The van der Waals surface area contributed by atoms with Crippen molar-refractivity contribution in [2.45, 2.75) is 52.2 Å². The van der Waals surface area contributed by atoms with Crippen molar-refractivity contribution in [1.82, 2.24) is 24.9 Å². The van der Waals surface area contributed by atoms with E-state index in [4.69, 9.17) is 0 Å². The maximum absolute atomic E-state index is 12.1. The predicted octanol–water partition coefficient (Wildman–Crippen LogP) is 1.87.